The van der Waals surface area contributed by atoms with Gasteiger partial charge in [0.05, 0.1) is 5.25 Å². The molecule has 0 heterocycles. The van der Waals surface area contributed by atoms with E-state index in [2.05, 4.69) is 0 Å². The maximum atomic E-state index is 12.0. The van der Waals surface area contributed by atoms with E-state index >= 15 is 0 Å². The Kier molecular flexibility index (Phi) is 2.75. The van der Waals surface area contributed by atoms with Crippen LogP contribution in [0.1, 0.15) is 17.5 Å². The zero-order chi connectivity index (χ0) is 13.5. The Morgan fingerprint density at radius 2 is 1.32 bits per heavy atom. The molecule has 0 bridgehead atoms. The highest BCUT2D eigenvalue weighted by molar-refractivity contribution is 7.91. The zero-order valence-corrected chi connectivity index (χ0v) is 11.6. The molecule has 1 aliphatic carbocycles. The lowest BCUT2D eigenvalue weighted by atomic mass is 9.88. The minimum Gasteiger partial charge on any atom is -0.229 e. The average molecular weight is 272 g/mol. The van der Waals surface area contributed by atoms with Gasteiger partial charge in [-0.15, -0.1) is 0 Å². The van der Waals surface area contributed by atoms with Crippen LogP contribution in [0.4, 0.5) is 0 Å². The molecular weight excluding hydrogens is 256 g/mol. The van der Waals surface area contributed by atoms with Gasteiger partial charge in [-0.25, -0.2) is 8.42 Å². The van der Waals surface area contributed by atoms with Crippen LogP contribution in [0.3, 0.4) is 0 Å². The molecule has 98 valence electrons. The molecule has 1 saturated carbocycles. The lowest BCUT2D eigenvalue weighted by Crippen LogP contribution is -2.20. The maximum absolute atomic E-state index is 12.0. The molecule has 0 aliphatic heterocycles. The molecule has 1 unspecified atom stereocenters. The van der Waals surface area contributed by atoms with Gasteiger partial charge in [0.1, 0.15) is 0 Å². The highest BCUT2D eigenvalue weighted by atomic mass is 32.2. The van der Waals surface area contributed by atoms with Crippen molar-refractivity contribution >= 4 is 9.84 Å². The zero-order valence-electron chi connectivity index (χ0n) is 10.8. The number of sulfone groups is 1. The molecule has 2 aromatic rings. The monoisotopic (exact) mass is 272 g/mol. The molecule has 0 aromatic heterocycles. The van der Waals surface area contributed by atoms with Gasteiger partial charge in [-0.05, 0) is 17.5 Å². The normalized spacial score (nSPS) is 21.0. The first kappa shape index (κ1) is 12.4. The van der Waals surface area contributed by atoms with Crippen molar-refractivity contribution in [1.82, 2.24) is 0 Å². The summed E-state index contributed by atoms with van der Waals surface area (Å²) in [5.41, 5.74) is 1.84. The van der Waals surface area contributed by atoms with Gasteiger partial charge < -0.3 is 0 Å². The second-order valence-electron chi connectivity index (χ2n) is 5.23. The number of hydrogen-bond donors (Lipinski definition) is 0. The van der Waals surface area contributed by atoms with Gasteiger partial charge in [0.15, 0.2) is 9.84 Å². The molecule has 0 amide bonds. The van der Waals surface area contributed by atoms with Gasteiger partial charge in [0.2, 0.25) is 0 Å². The molecule has 3 rings (SSSR count). The molecule has 1 aliphatic rings. The molecule has 0 N–H and O–H groups in total. The van der Waals surface area contributed by atoms with Crippen LogP contribution in [0.5, 0.6) is 0 Å². The fourth-order valence-corrected chi connectivity index (χ4v) is 4.56. The first-order valence-electron chi connectivity index (χ1n) is 6.35. The van der Waals surface area contributed by atoms with Crippen molar-refractivity contribution < 1.29 is 8.42 Å². The van der Waals surface area contributed by atoms with E-state index in [4.69, 9.17) is 0 Å². The minimum atomic E-state index is -3.03. The van der Waals surface area contributed by atoms with E-state index < -0.39 is 9.84 Å². The topological polar surface area (TPSA) is 34.1 Å². The maximum Gasteiger partial charge on any atom is 0.151 e. The second kappa shape index (κ2) is 4.20. The summed E-state index contributed by atoms with van der Waals surface area (Å²) in [6.07, 6.45) is 2.02. The van der Waals surface area contributed by atoms with Crippen molar-refractivity contribution in [2.75, 3.05) is 6.26 Å². The number of rotatable bonds is 3. The van der Waals surface area contributed by atoms with Crippen molar-refractivity contribution in [3.8, 4) is 0 Å². The number of hydrogen-bond acceptors (Lipinski definition) is 2. The van der Waals surface area contributed by atoms with Gasteiger partial charge in [-0.1, -0.05) is 60.7 Å². The lowest BCUT2D eigenvalue weighted by Gasteiger charge is -2.18. The van der Waals surface area contributed by atoms with Gasteiger partial charge in [-0.2, -0.15) is 0 Å². The first-order valence-corrected chi connectivity index (χ1v) is 8.30. The molecule has 0 spiro atoms. The standard InChI is InChI=1S/C16H16O2S/c1-19(17,18)15-12-16(15,13-8-4-2-5-9-13)14-10-6-3-7-11-14/h2-11,15H,12H2,1H3. The van der Waals surface area contributed by atoms with E-state index in [0.29, 0.717) is 6.42 Å². The largest absolute Gasteiger partial charge is 0.229 e. The average Bonchev–Trinajstić information content (AvgIpc) is 3.18. The number of benzene rings is 2. The Bertz CT molecular complexity index is 636. The third kappa shape index (κ3) is 1.98. The van der Waals surface area contributed by atoms with Crippen LogP contribution >= 0.6 is 0 Å². The quantitative estimate of drug-likeness (QED) is 0.861. The Labute approximate surface area is 114 Å². The molecular formula is C16H16O2S. The molecule has 1 fully saturated rings. The molecule has 2 nitrogen and oxygen atoms in total. The van der Waals surface area contributed by atoms with Crippen molar-refractivity contribution in [3.63, 3.8) is 0 Å². The van der Waals surface area contributed by atoms with E-state index in [-0.39, 0.29) is 10.7 Å². The molecule has 2 aromatic carbocycles. The van der Waals surface area contributed by atoms with E-state index in [9.17, 15) is 8.42 Å². The summed E-state index contributed by atoms with van der Waals surface area (Å²) < 4.78 is 23.9. The van der Waals surface area contributed by atoms with Crippen LogP contribution in [-0.2, 0) is 15.3 Å². The van der Waals surface area contributed by atoms with Crippen LogP contribution in [0.2, 0.25) is 0 Å². The van der Waals surface area contributed by atoms with Gasteiger partial charge >= 0.3 is 0 Å². The van der Waals surface area contributed by atoms with Crippen molar-refractivity contribution in [3.05, 3.63) is 71.8 Å². The van der Waals surface area contributed by atoms with Crippen molar-refractivity contribution in [2.45, 2.75) is 17.1 Å². The van der Waals surface area contributed by atoms with E-state index in [1.165, 1.54) is 6.26 Å². The summed E-state index contributed by atoms with van der Waals surface area (Å²) in [5, 5.41) is -0.301. The van der Waals surface area contributed by atoms with Gasteiger partial charge in [-0.3, -0.25) is 0 Å². The Hall–Kier alpha value is -1.61. The van der Waals surface area contributed by atoms with Gasteiger partial charge in [0, 0.05) is 11.7 Å². The minimum absolute atomic E-state index is 0.301. The summed E-state index contributed by atoms with van der Waals surface area (Å²) in [6, 6.07) is 19.9. The van der Waals surface area contributed by atoms with Crippen LogP contribution in [-0.4, -0.2) is 19.9 Å². The highest BCUT2D eigenvalue weighted by Gasteiger charge is 2.61. The third-order valence-electron chi connectivity index (χ3n) is 3.99. The lowest BCUT2D eigenvalue weighted by molar-refractivity contribution is 0.597. The fraction of sp³-hybridized carbons (Fsp3) is 0.250. The van der Waals surface area contributed by atoms with Crippen LogP contribution < -0.4 is 0 Å². The summed E-state index contributed by atoms with van der Waals surface area (Å²) in [5.74, 6) is 0. The summed E-state index contributed by atoms with van der Waals surface area (Å²) in [6.45, 7) is 0. The second-order valence-corrected chi connectivity index (χ2v) is 7.45. The van der Waals surface area contributed by atoms with E-state index in [1.807, 2.05) is 60.7 Å². The molecule has 1 atom stereocenters. The molecule has 0 saturated heterocycles. The Morgan fingerprint density at radius 1 is 0.895 bits per heavy atom. The predicted molar refractivity (Wildman–Crippen MR) is 76.9 cm³/mol. The van der Waals surface area contributed by atoms with Crippen LogP contribution in [0.25, 0.3) is 0 Å². The van der Waals surface area contributed by atoms with E-state index in [1.54, 1.807) is 0 Å². The third-order valence-corrected chi connectivity index (χ3v) is 5.59. The molecule has 19 heavy (non-hydrogen) atoms. The fourth-order valence-electron chi connectivity index (χ4n) is 3.00. The smallest absolute Gasteiger partial charge is 0.151 e. The van der Waals surface area contributed by atoms with E-state index in [0.717, 1.165) is 11.1 Å². The highest BCUT2D eigenvalue weighted by Crippen LogP contribution is 2.56. The summed E-state index contributed by atoms with van der Waals surface area (Å²) in [4.78, 5) is 0. The Morgan fingerprint density at radius 3 is 1.63 bits per heavy atom. The van der Waals surface area contributed by atoms with Crippen LogP contribution in [0.15, 0.2) is 60.7 Å². The Balaban J connectivity index is 2.15. The summed E-state index contributed by atoms with van der Waals surface area (Å²) >= 11 is 0. The van der Waals surface area contributed by atoms with Gasteiger partial charge in [0.25, 0.3) is 0 Å². The SMILES string of the molecule is CS(=O)(=O)C1CC1(c1ccccc1)c1ccccc1. The molecule has 3 heteroatoms. The molecule has 0 radical (unpaired) electrons. The predicted octanol–water partition coefficient (Wildman–Crippen LogP) is 2.79. The summed E-state index contributed by atoms with van der Waals surface area (Å²) in [7, 11) is -3.03. The van der Waals surface area contributed by atoms with Crippen molar-refractivity contribution in [2.24, 2.45) is 0 Å². The van der Waals surface area contributed by atoms with Crippen LogP contribution in [0, 0.1) is 0 Å². The van der Waals surface area contributed by atoms with Crippen molar-refractivity contribution in [1.29, 1.82) is 0 Å². The first-order chi connectivity index (χ1) is 9.05.